The Hall–Kier alpha value is -2.01. The van der Waals surface area contributed by atoms with Gasteiger partial charge in [0.25, 0.3) is 0 Å². The predicted molar refractivity (Wildman–Crippen MR) is 75.2 cm³/mol. The van der Waals surface area contributed by atoms with E-state index in [0.717, 1.165) is 56.0 Å². The molecular formula is C15H16N4O. The molecular weight excluding hydrogens is 252 g/mol. The first-order valence-electron chi connectivity index (χ1n) is 7.12. The number of hydrogen-bond donors (Lipinski definition) is 0. The van der Waals surface area contributed by atoms with E-state index in [4.69, 9.17) is 14.8 Å². The summed E-state index contributed by atoms with van der Waals surface area (Å²) < 4.78 is 0. The Balaban J connectivity index is 1.83. The average Bonchev–Trinajstić information content (AvgIpc) is 3.18. The zero-order chi connectivity index (χ0) is 13.4. The van der Waals surface area contributed by atoms with Crippen LogP contribution in [0.25, 0.3) is 11.4 Å². The van der Waals surface area contributed by atoms with Gasteiger partial charge in [-0.1, -0.05) is 0 Å². The van der Waals surface area contributed by atoms with E-state index >= 15 is 0 Å². The summed E-state index contributed by atoms with van der Waals surface area (Å²) in [5.41, 5.74) is 3.46. The van der Waals surface area contributed by atoms with E-state index in [0.29, 0.717) is 0 Å². The summed E-state index contributed by atoms with van der Waals surface area (Å²) in [6, 6.07) is 3.90. The highest BCUT2D eigenvalue weighted by Gasteiger charge is 2.25. The lowest BCUT2D eigenvalue weighted by Crippen LogP contribution is -2.20. The zero-order valence-electron chi connectivity index (χ0n) is 11.2. The minimum absolute atomic E-state index is 0.776. The van der Waals surface area contributed by atoms with Gasteiger partial charge in [0, 0.05) is 35.8 Å². The minimum atomic E-state index is 0.776. The van der Waals surface area contributed by atoms with Gasteiger partial charge in [-0.25, -0.2) is 15.0 Å². The Labute approximate surface area is 117 Å². The van der Waals surface area contributed by atoms with E-state index < -0.39 is 0 Å². The maximum Gasteiger partial charge on any atom is 0.161 e. The molecule has 0 N–H and O–H groups in total. The molecule has 102 valence electrons. The molecule has 0 atom stereocenters. The highest BCUT2D eigenvalue weighted by atomic mass is 16.7. The lowest BCUT2D eigenvalue weighted by Gasteiger charge is -2.19. The molecule has 0 spiro atoms. The van der Waals surface area contributed by atoms with Crippen LogP contribution in [-0.2, 0) is 17.7 Å². The highest BCUT2D eigenvalue weighted by Crippen LogP contribution is 2.32. The molecule has 1 aliphatic heterocycles. The van der Waals surface area contributed by atoms with Crippen LogP contribution in [0.15, 0.2) is 24.5 Å². The summed E-state index contributed by atoms with van der Waals surface area (Å²) in [6.07, 6.45) is 7.86. The van der Waals surface area contributed by atoms with Crippen molar-refractivity contribution in [3.05, 3.63) is 35.8 Å². The summed E-state index contributed by atoms with van der Waals surface area (Å²) in [7, 11) is 0. The average molecular weight is 268 g/mol. The first-order valence-corrected chi connectivity index (χ1v) is 7.12. The first kappa shape index (κ1) is 11.8. The van der Waals surface area contributed by atoms with Gasteiger partial charge in [0.15, 0.2) is 11.6 Å². The largest absolute Gasteiger partial charge is 0.272 e. The Bertz CT molecular complexity index is 623. The fourth-order valence-corrected chi connectivity index (χ4v) is 2.86. The molecule has 5 heteroatoms. The second-order valence-corrected chi connectivity index (χ2v) is 5.17. The number of anilines is 1. The summed E-state index contributed by atoms with van der Waals surface area (Å²) >= 11 is 0. The Morgan fingerprint density at radius 1 is 1.05 bits per heavy atom. The highest BCUT2D eigenvalue weighted by molar-refractivity contribution is 5.60. The number of hydrogen-bond acceptors (Lipinski definition) is 5. The third kappa shape index (κ3) is 1.94. The van der Waals surface area contributed by atoms with Gasteiger partial charge < -0.3 is 0 Å². The van der Waals surface area contributed by atoms with E-state index in [1.165, 1.54) is 11.3 Å². The SMILES string of the molecule is c1cc(-c2nc3c(c(N4CCCO4)n2)CCC3)ccn1. The van der Waals surface area contributed by atoms with E-state index in [-0.39, 0.29) is 0 Å². The van der Waals surface area contributed by atoms with Crippen LogP contribution in [0.2, 0.25) is 0 Å². The van der Waals surface area contributed by atoms with Crippen LogP contribution in [0.3, 0.4) is 0 Å². The lowest BCUT2D eigenvalue weighted by molar-refractivity contribution is 0.165. The summed E-state index contributed by atoms with van der Waals surface area (Å²) in [5.74, 6) is 1.75. The topological polar surface area (TPSA) is 51.1 Å². The quantitative estimate of drug-likeness (QED) is 0.835. The maximum atomic E-state index is 5.69. The minimum Gasteiger partial charge on any atom is -0.272 e. The van der Waals surface area contributed by atoms with Crippen LogP contribution in [0.5, 0.6) is 0 Å². The van der Waals surface area contributed by atoms with Gasteiger partial charge in [-0.15, -0.1) is 0 Å². The second-order valence-electron chi connectivity index (χ2n) is 5.17. The third-order valence-electron chi connectivity index (χ3n) is 3.84. The molecule has 2 aromatic heterocycles. The summed E-state index contributed by atoms with van der Waals surface area (Å²) in [4.78, 5) is 19.2. The van der Waals surface area contributed by atoms with Crippen molar-refractivity contribution in [2.45, 2.75) is 25.7 Å². The van der Waals surface area contributed by atoms with Crippen molar-refractivity contribution >= 4 is 5.82 Å². The smallest absolute Gasteiger partial charge is 0.161 e. The molecule has 3 heterocycles. The number of hydroxylamine groups is 1. The third-order valence-corrected chi connectivity index (χ3v) is 3.84. The number of aromatic nitrogens is 3. The van der Waals surface area contributed by atoms with Gasteiger partial charge in [-0.05, 0) is 37.8 Å². The molecule has 2 aromatic rings. The number of rotatable bonds is 2. The van der Waals surface area contributed by atoms with E-state index in [1.807, 2.05) is 17.2 Å². The van der Waals surface area contributed by atoms with Crippen molar-refractivity contribution in [3.63, 3.8) is 0 Å². The second kappa shape index (κ2) is 4.83. The molecule has 0 bridgehead atoms. The molecule has 1 fully saturated rings. The van der Waals surface area contributed by atoms with Gasteiger partial charge >= 0.3 is 0 Å². The summed E-state index contributed by atoms with van der Waals surface area (Å²) in [6.45, 7) is 1.70. The zero-order valence-corrected chi connectivity index (χ0v) is 11.2. The van der Waals surface area contributed by atoms with Crippen molar-refractivity contribution in [3.8, 4) is 11.4 Å². The van der Waals surface area contributed by atoms with Gasteiger partial charge in [-0.2, -0.15) is 0 Å². The van der Waals surface area contributed by atoms with Crippen molar-refractivity contribution in [2.75, 3.05) is 18.2 Å². The molecule has 0 aromatic carbocycles. The molecule has 0 unspecified atom stereocenters. The van der Waals surface area contributed by atoms with Gasteiger partial charge in [-0.3, -0.25) is 9.82 Å². The van der Waals surface area contributed by atoms with Crippen LogP contribution in [0.4, 0.5) is 5.82 Å². The Morgan fingerprint density at radius 3 is 2.75 bits per heavy atom. The van der Waals surface area contributed by atoms with Crippen LogP contribution < -0.4 is 5.06 Å². The van der Waals surface area contributed by atoms with Gasteiger partial charge in [0.1, 0.15) is 0 Å². The van der Waals surface area contributed by atoms with E-state index in [9.17, 15) is 0 Å². The van der Waals surface area contributed by atoms with Gasteiger partial charge in [0.05, 0.1) is 6.61 Å². The number of fused-ring (bicyclic) bond motifs is 1. The standard InChI is InChI=1S/C15H16N4O/c1-3-12-13(4-1)17-14(11-5-7-16-8-6-11)18-15(12)19-9-2-10-20-19/h5-8H,1-4,9-10H2. The van der Waals surface area contributed by atoms with Crippen LogP contribution in [0.1, 0.15) is 24.1 Å². The van der Waals surface area contributed by atoms with Crippen molar-refractivity contribution in [1.82, 2.24) is 15.0 Å². The normalized spacial score (nSPS) is 17.5. The molecule has 20 heavy (non-hydrogen) atoms. The van der Waals surface area contributed by atoms with Crippen LogP contribution >= 0.6 is 0 Å². The van der Waals surface area contributed by atoms with Crippen LogP contribution in [0, 0.1) is 0 Å². The number of aryl methyl sites for hydroxylation is 1. The van der Waals surface area contributed by atoms with E-state index in [1.54, 1.807) is 12.4 Å². The molecule has 1 saturated heterocycles. The monoisotopic (exact) mass is 268 g/mol. The van der Waals surface area contributed by atoms with Crippen molar-refractivity contribution in [2.24, 2.45) is 0 Å². The maximum absolute atomic E-state index is 5.69. The Morgan fingerprint density at radius 2 is 1.95 bits per heavy atom. The lowest BCUT2D eigenvalue weighted by atomic mass is 10.2. The molecule has 4 rings (SSSR count). The fourth-order valence-electron chi connectivity index (χ4n) is 2.86. The van der Waals surface area contributed by atoms with E-state index in [2.05, 4.69) is 4.98 Å². The first-order chi connectivity index (χ1) is 9.92. The molecule has 0 radical (unpaired) electrons. The Kier molecular flexibility index (Phi) is 2.85. The van der Waals surface area contributed by atoms with Crippen molar-refractivity contribution < 1.29 is 4.84 Å². The molecule has 5 nitrogen and oxygen atoms in total. The molecule has 0 amide bonds. The number of pyridine rings is 1. The number of nitrogens with zero attached hydrogens (tertiary/aromatic N) is 4. The predicted octanol–water partition coefficient (Wildman–Crippen LogP) is 2.17. The molecule has 2 aliphatic rings. The molecule has 1 aliphatic carbocycles. The molecule has 0 saturated carbocycles. The van der Waals surface area contributed by atoms with Crippen LogP contribution in [-0.4, -0.2) is 28.1 Å². The van der Waals surface area contributed by atoms with Gasteiger partial charge in [0.2, 0.25) is 0 Å². The van der Waals surface area contributed by atoms with Crippen molar-refractivity contribution in [1.29, 1.82) is 0 Å². The summed E-state index contributed by atoms with van der Waals surface area (Å²) in [5, 5.41) is 1.94. The fraction of sp³-hybridized carbons (Fsp3) is 0.400.